The lowest BCUT2D eigenvalue weighted by atomic mass is 10.1. The first-order chi connectivity index (χ1) is 9.93. The van der Waals surface area contributed by atoms with Crippen LogP contribution in [0.2, 0.25) is 0 Å². The van der Waals surface area contributed by atoms with Gasteiger partial charge >= 0.3 is 5.69 Å². The lowest BCUT2D eigenvalue weighted by Crippen LogP contribution is -2.09. The fourth-order valence-electron chi connectivity index (χ4n) is 2.38. The molecule has 2 rings (SSSR count). The van der Waals surface area contributed by atoms with E-state index in [1.165, 1.54) is 7.11 Å². The van der Waals surface area contributed by atoms with E-state index in [1.54, 1.807) is 18.2 Å². The number of nitro benzene ring substituents is 1. The van der Waals surface area contributed by atoms with Gasteiger partial charge in [-0.25, -0.2) is 0 Å². The SMILES string of the molecule is COc1cccc(NC(C)c2cc(C)oc2C)c1[N+](=O)[O-]. The molecule has 1 atom stereocenters. The number of hydrogen-bond donors (Lipinski definition) is 1. The summed E-state index contributed by atoms with van der Waals surface area (Å²) in [6.45, 7) is 5.68. The van der Waals surface area contributed by atoms with Crippen LogP contribution in [0.25, 0.3) is 0 Å². The monoisotopic (exact) mass is 290 g/mol. The molecule has 0 aliphatic carbocycles. The van der Waals surface area contributed by atoms with Crippen LogP contribution in [-0.4, -0.2) is 12.0 Å². The van der Waals surface area contributed by atoms with E-state index in [4.69, 9.17) is 9.15 Å². The predicted molar refractivity (Wildman–Crippen MR) is 79.9 cm³/mol. The second-order valence-corrected chi connectivity index (χ2v) is 4.85. The average Bonchev–Trinajstić information content (AvgIpc) is 2.77. The van der Waals surface area contributed by atoms with E-state index in [2.05, 4.69) is 5.32 Å². The first-order valence-electron chi connectivity index (χ1n) is 6.59. The molecule has 21 heavy (non-hydrogen) atoms. The number of para-hydroxylation sites is 1. The first kappa shape index (κ1) is 14.9. The molecule has 0 aliphatic heterocycles. The van der Waals surface area contributed by atoms with Gasteiger partial charge in [-0.1, -0.05) is 6.07 Å². The molecule has 1 unspecified atom stereocenters. The lowest BCUT2D eigenvalue weighted by molar-refractivity contribution is -0.384. The molecule has 0 amide bonds. The van der Waals surface area contributed by atoms with Gasteiger partial charge in [-0.3, -0.25) is 10.1 Å². The minimum absolute atomic E-state index is 0.0651. The Morgan fingerprint density at radius 3 is 2.62 bits per heavy atom. The molecule has 0 fully saturated rings. The van der Waals surface area contributed by atoms with Crippen molar-refractivity contribution in [1.29, 1.82) is 0 Å². The van der Waals surface area contributed by atoms with Crippen molar-refractivity contribution in [2.45, 2.75) is 26.8 Å². The standard InChI is InChI=1S/C15H18N2O4/c1-9-8-12(11(3)21-9)10(2)16-13-6-5-7-14(20-4)15(13)17(18)19/h5-8,10,16H,1-4H3. The molecule has 6 heteroatoms. The number of aryl methyl sites for hydroxylation is 2. The van der Waals surface area contributed by atoms with Crippen LogP contribution in [-0.2, 0) is 0 Å². The van der Waals surface area contributed by atoms with Crippen LogP contribution in [0, 0.1) is 24.0 Å². The highest BCUT2D eigenvalue weighted by Gasteiger charge is 2.22. The Bertz CT molecular complexity index is 664. The summed E-state index contributed by atoms with van der Waals surface area (Å²) in [5.74, 6) is 1.85. The van der Waals surface area contributed by atoms with E-state index < -0.39 is 4.92 Å². The first-order valence-corrected chi connectivity index (χ1v) is 6.59. The molecule has 1 aromatic carbocycles. The van der Waals surface area contributed by atoms with Crippen LogP contribution >= 0.6 is 0 Å². The number of rotatable bonds is 5. The third-order valence-electron chi connectivity index (χ3n) is 3.32. The third kappa shape index (κ3) is 2.99. The number of furan rings is 1. The van der Waals surface area contributed by atoms with Gasteiger partial charge < -0.3 is 14.5 Å². The van der Waals surface area contributed by atoms with Gasteiger partial charge in [0.25, 0.3) is 0 Å². The van der Waals surface area contributed by atoms with Gasteiger partial charge in [0.1, 0.15) is 17.2 Å². The zero-order valence-corrected chi connectivity index (χ0v) is 12.5. The second kappa shape index (κ2) is 5.87. The summed E-state index contributed by atoms with van der Waals surface area (Å²) in [5.41, 5.74) is 1.33. The summed E-state index contributed by atoms with van der Waals surface area (Å²) in [6, 6.07) is 6.77. The Morgan fingerprint density at radius 1 is 1.38 bits per heavy atom. The maximum Gasteiger partial charge on any atom is 0.333 e. The second-order valence-electron chi connectivity index (χ2n) is 4.85. The molecule has 1 aromatic heterocycles. The molecule has 6 nitrogen and oxygen atoms in total. The van der Waals surface area contributed by atoms with Gasteiger partial charge in [0, 0.05) is 5.56 Å². The molecule has 0 aliphatic rings. The molecule has 1 heterocycles. The minimum Gasteiger partial charge on any atom is -0.490 e. The highest BCUT2D eigenvalue weighted by Crippen LogP contribution is 2.36. The maximum atomic E-state index is 11.3. The molecule has 1 N–H and O–H groups in total. The van der Waals surface area contributed by atoms with Crippen molar-refractivity contribution in [3.8, 4) is 5.75 Å². The molecule has 2 aromatic rings. The van der Waals surface area contributed by atoms with E-state index in [-0.39, 0.29) is 17.5 Å². The van der Waals surface area contributed by atoms with Crippen molar-refractivity contribution in [2.24, 2.45) is 0 Å². The largest absolute Gasteiger partial charge is 0.490 e. The van der Waals surface area contributed by atoms with Crippen molar-refractivity contribution in [2.75, 3.05) is 12.4 Å². The van der Waals surface area contributed by atoms with E-state index in [1.807, 2.05) is 26.8 Å². The van der Waals surface area contributed by atoms with E-state index in [0.29, 0.717) is 5.69 Å². The maximum absolute atomic E-state index is 11.3. The molecule has 0 saturated heterocycles. The van der Waals surface area contributed by atoms with E-state index in [0.717, 1.165) is 17.1 Å². The summed E-state index contributed by atoms with van der Waals surface area (Å²) < 4.78 is 10.6. The minimum atomic E-state index is -0.443. The molecule has 0 spiro atoms. The number of nitrogens with one attached hydrogen (secondary N) is 1. The Labute approximate surface area is 122 Å². The zero-order chi connectivity index (χ0) is 15.6. The number of anilines is 1. The lowest BCUT2D eigenvalue weighted by Gasteiger charge is -2.15. The van der Waals surface area contributed by atoms with Crippen molar-refractivity contribution in [3.63, 3.8) is 0 Å². The zero-order valence-electron chi connectivity index (χ0n) is 12.5. The van der Waals surface area contributed by atoms with Gasteiger partial charge in [-0.15, -0.1) is 0 Å². The molecule has 0 bridgehead atoms. The van der Waals surface area contributed by atoms with Crippen LogP contribution in [0.3, 0.4) is 0 Å². The number of hydrogen-bond acceptors (Lipinski definition) is 5. The fourth-order valence-corrected chi connectivity index (χ4v) is 2.38. The van der Waals surface area contributed by atoms with E-state index in [9.17, 15) is 10.1 Å². The Morgan fingerprint density at radius 2 is 2.10 bits per heavy atom. The van der Waals surface area contributed by atoms with Gasteiger partial charge in [0.2, 0.25) is 0 Å². The van der Waals surface area contributed by atoms with Crippen LogP contribution < -0.4 is 10.1 Å². The molecular weight excluding hydrogens is 272 g/mol. The summed E-state index contributed by atoms with van der Waals surface area (Å²) in [7, 11) is 1.42. The summed E-state index contributed by atoms with van der Waals surface area (Å²) in [4.78, 5) is 10.8. The van der Waals surface area contributed by atoms with Crippen molar-refractivity contribution in [1.82, 2.24) is 0 Å². The topological polar surface area (TPSA) is 77.5 Å². The smallest absolute Gasteiger partial charge is 0.333 e. The molecular formula is C15H18N2O4. The molecule has 0 saturated carbocycles. The van der Waals surface area contributed by atoms with Gasteiger partial charge in [0.15, 0.2) is 5.75 Å². The highest BCUT2D eigenvalue weighted by molar-refractivity contribution is 5.69. The number of nitro groups is 1. The third-order valence-corrected chi connectivity index (χ3v) is 3.32. The van der Waals surface area contributed by atoms with Gasteiger partial charge in [-0.2, -0.15) is 0 Å². The van der Waals surface area contributed by atoms with Gasteiger partial charge in [-0.05, 0) is 39.0 Å². The highest BCUT2D eigenvalue weighted by atomic mass is 16.6. The van der Waals surface area contributed by atoms with Gasteiger partial charge in [0.05, 0.1) is 18.1 Å². The van der Waals surface area contributed by atoms with Crippen LogP contribution in [0.15, 0.2) is 28.7 Å². The fraction of sp³-hybridized carbons (Fsp3) is 0.333. The average molecular weight is 290 g/mol. The summed E-state index contributed by atoms with van der Waals surface area (Å²) in [6.07, 6.45) is 0. The Hall–Kier alpha value is -2.50. The quantitative estimate of drug-likeness (QED) is 0.665. The molecule has 0 radical (unpaired) electrons. The number of nitrogens with zero attached hydrogens (tertiary/aromatic N) is 1. The van der Waals surface area contributed by atoms with Crippen LogP contribution in [0.4, 0.5) is 11.4 Å². The number of ether oxygens (including phenoxy) is 1. The number of benzene rings is 1. The summed E-state index contributed by atoms with van der Waals surface area (Å²) >= 11 is 0. The van der Waals surface area contributed by atoms with Crippen molar-refractivity contribution < 1.29 is 14.1 Å². The molecule has 112 valence electrons. The Kier molecular flexibility index (Phi) is 4.16. The van der Waals surface area contributed by atoms with Crippen molar-refractivity contribution in [3.05, 3.63) is 51.5 Å². The summed E-state index contributed by atoms with van der Waals surface area (Å²) in [5, 5.41) is 14.4. The van der Waals surface area contributed by atoms with Crippen LogP contribution in [0.1, 0.15) is 30.0 Å². The Balaban J connectivity index is 2.35. The van der Waals surface area contributed by atoms with Crippen molar-refractivity contribution >= 4 is 11.4 Å². The predicted octanol–water partition coefficient (Wildman–Crippen LogP) is 3.99. The number of methoxy groups -OCH3 is 1. The normalized spacial score (nSPS) is 12.0. The van der Waals surface area contributed by atoms with E-state index >= 15 is 0 Å². The van der Waals surface area contributed by atoms with Crippen LogP contribution in [0.5, 0.6) is 5.75 Å².